The van der Waals surface area contributed by atoms with Gasteiger partial charge in [0.15, 0.2) is 0 Å². The van der Waals surface area contributed by atoms with Gasteiger partial charge in [-0.3, -0.25) is 0 Å². The standard InChI is InChI=1S/C8H13NS/c1-2-5-9-6-3-4-8(9)7-10/h3-4,6,10H,2,5,7H2,1H3. The van der Waals surface area contributed by atoms with Crippen molar-refractivity contribution in [1.82, 2.24) is 4.57 Å². The Labute approximate surface area is 67.5 Å². The van der Waals surface area contributed by atoms with Crippen molar-refractivity contribution < 1.29 is 0 Å². The predicted molar refractivity (Wildman–Crippen MR) is 47.4 cm³/mol. The second kappa shape index (κ2) is 3.71. The smallest absolute Gasteiger partial charge is 0.0307 e. The van der Waals surface area contributed by atoms with Gasteiger partial charge in [0, 0.05) is 24.2 Å². The summed E-state index contributed by atoms with van der Waals surface area (Å²) >= 11 is 4.22. The zero-order chi connectivity index (χ0) is 7.40. The second-order valence-corrected chi connectivity index (χ2v) is 2.67. The van der Waals surface area contributed by atoms with E-state index >= 15 is 0 Å². The van der Waals surface area contributed by atoms with Gasteiger partial charge in [0.1, 0.15) is 0 Å². The maximum Gasteiger partial charge on any atom is 0.0307 e. The lowest BCUT2D eigenvalue weighted by Crippen LogP contribution is -1.98. The first-order chi connectivity index (χ1) is 4.88. The number of thiol groups is 1. The summed E-state index contributed by atoms with van der Waals surface area (Å²) in [5.41, 5.74) is 1.31. The van der Waals surface area contributed by atoms with Crippen LogP contribution in [0.4, 0.5) is 0 Å². The van der Waals surface area contributed by atoms with Gasteiger partial charge in [-0.25, -0.2) is 0 Å². The minimum atomic E-state index is 0.840. The zero-order valence-electron chi connectivity index (χ0n) is 6.25. The highest BCUT2D eigenvalue weighted by Gasteiger charge is 1.94. The van der Waals surface area contributed by atoms with Crippen LogP contribution >= 0.6 is 12.6 Å². The molecule has 0 fully saturated rings. The Morgan fingerprint density at radius 2 is 2.40 bits per heavy atom. The SMILES string of the molecule is CCCn1cccc1CS. The highest BCUT2D eigenvalue weighted by atomic mass is 32.1. The summed E-state index contributed by atoms with van der Waals surface area (Å²) in [6, 6.07) is 4.18. The first kappa shape index (κ1) is 7.73. The van der Waals surface area contributed by atoms with E-state index in [1.807, 2.05) is 0 Å². The molecule has 0 atom stereocenters. The molecule has 0 bridgehead atoms. The Bertz CT molecular complexity index is 193. The molecule has 0 unspecified atom stereocenters. The molecule has 56 valence electrons. The second-order valence-electron chi connectivity index (χ2n) is 2.35. The maximum absolute atomic E-state index is 4.22. The van der Waals surface area contributed by atoms with Crippen LogP contribution in [0.15, 0.2) is 18.3 Å². The fraction of sp³-hybridized carbons (Fsp3) is 0.500. The summed E-state index contributed by atoms with van der Waals surface area (Å²) in [4.78, 5) is 0. The molecule has 1 rings (SSSR count). The maximum atomic E-state index is 4.22. The van der Waals surface area contributed by atoms with Crippen LogP contribution < -0.4 is 0 Å². The number of aromatic nitrogens is 1. The van der Waals surface area contributed by atoms with Crippen LogP contribution in [0.1, 0.15) is 19.0 Å². The van der Waals surface area contributed by atoms with Crippen molar-refractivity contribution in [3.05, 3.63) is 24.0 Å². The molecule has 1 aromatic rings. The van der Waals surface area contributed by atoms with E-state index in [-0.39, 0.29) is 0 Å². The third-order valence-corrected chi connectivity index (χ3v) is 1.87. The molecule has 1 heterocycles. The Morgan fingerprint density at radius 3 is 3.00 bits per heavy atom. The van der Waals surface area contributed by atoms with Gasteiger partial charge in [-0.15, -0.1) is 0 Å². The lowest BCUT2D eigenvalue weighted by molar-refractivity contribution is 0.664. The largest absolute Gasteiger partial charge is 0.351 e. The lowest BCUT2D eigenvalue weighted by Gasteiger charge is -2.03. The van der Waals surface area contributed by atoms with Crippen molar-refractivity contribution in [2.45, 2.75) is 25.6 Å². The molecule has 1 aromatic heterocycles. The Hall–Kier alpha value is -0.370. The Balaban J connectivity index is 2.70. The molecule has 0 saturated carbocycles. The number of aryl methyl sites for hydroxylation is 1. The van der Waals surface area contributed by atoms with Gasteiger partial charge in [-0.1, -0.05) is 6.92 Å². The summed E-state index contributed by atoms with van der Waals surface area (Å²) in [5.74, 6) is 0.840. The number of hydrogen-bond acceptors (Lipinski definition) is 1. The number of nitrogens with zero attached hydrogens (tertiary/aromatic N) is 1. The van der Waals surface area contributed by atoms with Crippen LogP contribution in [0.25, 0.3) is 0 Å². The highest BCUT2D eigenvalue weighted by molar-refractivity contribution is 7.79. The average molecular weight is 155 g/mol. The molecule has 0 aliphatic carbocycles. The first-order valence-corrected chi connectivity index (χ1v) is 4.26. The zero-order valence-corrected chi connectivity index (χ0v) is 7.14. The van der Waals surface area contributed by atoms with E-state index < -0.39 is 0 Å². The molecule has 0 aliphatic heterocycles. The molecule has 0 saturated heterocycles. The third-order valence-electron chi connectivity index (χ3n) is 1.55. The van der Waals surface area contributed by atoms with Crippen molar-refractivity contribution in [1.29, 1.82) is 0 Å². The summed E-state index contributed by atoms with van der Waals surface area (Å²) in [6.45, 7) is 3.30. The predicted octanol–water partition coefficient (Wildman–Crippen LogP) is 2.33. The fourth-order valence-electron chi connectivity index (χ4n) is 1.05. The molecule has 0 radical (unpaired) electrons. The van der Waals surface area contributed by atoms with Gasteiger partial charge < -0.3 is 4.57 Å². The number of hydrogen-bond donors (Lipinski definition) is 1. The van der Waals surface area contributed by atoms with Gasteiger partial charge in [0.05, 0.1) is 0 Å². The van der Waals surface area contributed by atoms with Gasteiger partial charge in [0.25, 0.3) is 0 Å². The van der Waals surface area contributed by atoms with Crippen molar-refractivity contribution >= 4 is 12.6 Å². The summed E-state index contributed by atoms with van der Waals surface area (Å²) in [5, 5.41) is 0. The fourth-order valence-corrected chi connectivity index (χ4v) is 1.34. The molecule has 2 heteroatoms. The van der Waals surface area contributed by atoms with E-state index in [4.69, 9.17) is 0 Å². The van der Waals surface area contributed by atoms with Crippen LogP contribution in [0.2, 0.25) is 0 Å². The lowest BCUT2D eigenvalue weighted by atomic mass is 10.4. The van der Waals surface area contributed by atoms with Gasteiger partial charge in [-0.05, 0) is 18.6 Å². The monoisotopic (exact) mass is 155 g/mol. The minimum Gasteiger partial charge on any atom is -0.351 e. The first-order valence-electron chi connectivity index (χ1n) is 3.63. The highest BCUT2D eigenvalue weighted by Crippen LogP contribution is 2.05. The van der Waals surface area contributed by atoms with Crippen LogP contribution in [-0.4, -0.2) is 4.57 Å². The van der Waals surface area contributed by atoms with E-state index in [1.54, 1.807) is 0 Å². The molecule has 1 nitrogen and oxygen atoms in total. The molecule has 0 N–H and O–H groups in total. The molecular formula is C8H13NS. The average Bonchev–Trinajstić information content (AvgIpc) is 2.36. The van der Waals surface area contributed by atoms with E-state index in [2.05, 4.69) is 42.4 Å². The van der Waals surface area contributed by atoms with Crippen molar-refractivity contribution in [3.8, 4) is 0 Å². The quantitative estimate of drug-likeness (QED) is 0.639. The van der Waals surface area contributed by atoms with Crippen molar-refractivity contribution in [2.75, 3.05) is 0 Å². The van der Waals surface area contributed by atoms with Crippen LogP contribution in [0, 0.1) is 0 Å². The third kappa shape index (κ3) is 1.57. The molecule has 0 aliphatic rings. The minimum absolute atomic E-state index is 0.840. The molecule has 0 spiro atoms. The van der Waals surface area contributed by atoms with E-state index in [1.165, 1.54) is 12.1 Å². The van der Waals surface area contributed by atoms with Crippen molar-refractivity contribution in [2.24, 2.45) is 0 Å². The van der Waals surface area contributed by atoms with E-state index in [9.17, 15) is 0 Å². The topological polar surface area (TPSA) is 4.93 Å². The molecule has 10 heavy (non-hydrogen) atoms. The van der Waals surface area contributed by atoms with Crippen LogP contribution in [0.3, 0.4) is 0 Å². The van der Waals surface area contributed by atoms with Gasteiger partial charge >= 0.3 is 0 Å². The number of rotatable bonds is 3. The molecule has 0 aromatic carbocycles. The van der Waals surface area contributed by atoms with Gasteiger partial charge in [-0.2, -0.15) is 12.6 Å². The molecular weight excluding hydrogens is 142 g/mol. The summed E-state index contributed by atoms with van der Waals surface area (Å²) in [7, 11) is 0. The van der Waals surface area contributed by atoms with Crippen molar-refractivity contribution in [3.63, 3.8) is 0 Å². The normalized spacial score (nSPS) is 10.2. The summed E-state index contributed by atoms with van der Waals surface area (Å²) in [6.07, 6.45) is 3.30. The van der Waals surface area contributed by atoms with E-state index in [0.29, 0.717) is 0 Å². The van der Waals surface area contributed by atoms with Gasteiger partial charge in [0.2, 0.25) is 0 Å². The Kier molecular flexibility index (Phi) is 2.87. The van der Waals surface area contributed by atoms with E-state index in [0.717, 1.165) is 12.3 Å². The van der Waals surface area contributed by atoms with Crippen LogP contribution in [-0.2, 0) is 12.3 Å². The Morgan fingerprint density at radius 1 is 1.60 bits per heavy atom. The molecule has 0 amide bonds. The summed E-state index contributed by atoms with van der Waals surface area (Å²) < 4.78 is 2.24. The van der Waals surface area contributed by atoms with Crippen LogP contribution in [0.5, 0.6) is 0 Å².